The molecule has 1 unspecified atom stereocenters. The third-order valence-corrected chi connectivity index (χ3v) is 7.56. The number of esters is 3. The Morgan fingerprint density at radius 2 is 1.26 bits per heavy atom. The zero-order chi connectivity index (χ0) is 34.2. The van der Waals surface area contributed by atoms with Crippen LogP contribution in [0.3, 0.4) is 0 Å². The Morgan fingerprint density at radius 1 is 0.681 bits per heavy atom. The van der Waals surface area contributed by atoms with Gasteiger partial charge in [0.05, 0.1) is 38.5 Å². The van der Waals surface area contributed by atoms with Crippen LogP contribution in [-0.2, 0) is 51.0 Å². The zero-order valence-corrected chi connectivity index (χ0v) is 29.3. The molecular weight excluding hydrogens is 606 g/mol. The maximum absolute atomic E-state index is 12.6. The molecule has 0 spiro atoms. The number of aliphatic hydroxyl groups is 1. The predicted octanol–water partition coefficient (Wildman–Crippen LogP) is 5.91. The molecule has 12 heteroatoms. The topological polar surface area (TPSA) is 148 Å². The van der Waals surface area contributed by atoms with Gasteiger partial charge in [0.15, 0.2) is 6.10 Å². The summed E-state index contributed by atoms with van der Waals surface area (Å²) < 4.78 is 28.5. The molecule has 0 saturated heterocycles. The molecule has 0 aliphatic carbocycles. The molecule has 12 nitrogen and oxygen atoms in total. The molecule has 0 aromatic carbocycles. The van der Waals surface area contributed by atoms with Gasteiger partial charge in [0, 0.05) is 38.7 Å². The molecule has 0 aliphatic rings. The van der Waals surface area contributed by atoms with Crippen LogP contribution in [0.2, 0.25) is 0 Å². The van der Waals surface area contributed by atoms with Gasteiger partial charge >= 0.3 is 17.9 Å². The normalized spacial score (nSPS) is 11.8. The Balaban J connectivity index is 2.45. The number of carbonyl (C=O) groups excluding carboxylic acids is 3. The first-order valence-corrected chi connectivity index (χ1v) is 18.1. The minimum atomic E-state index is -0.689. The van der Waals surface area contributed by atoms with E-state index in [0.29, 0.717) is 57.8 Å². The fraction of sp³-hybridized carbons (Fsp3) is 0.857. The monoisotopic (exact) mass is 669 g/mol. The maximum atomic E-state index is 12.6. The Labute approximate surface area is 282 Å². The number of carbonyl (C=O) groups is 3. The number of rotatable bonds is 33. The van der Waals surface area contributed by atoms with Gasteiger partial charge < -0.3 is 28.8 Å². The minimum absolute atomic E-state index is 0.000968. The van der Waals surface area contributed by atoms with Crippen LogP contribution in [-0.4, -0.2) is 90.4 Å². The number of ether oxygens (including phenoxy) is 5. The Morgan fingerprint density at radius 3 is 1.89 bits per heavy atom. The molecule has 1 rings (SSSR count). The Bertz CT molecular complexity index is 913. The van der Waals surface area contributed by atoms with Crippen LogP contribution in [0.4, 0.5) is 0 Å². The second kappa shape index (κ2) is 30.7. The molecule has 0 bridgehead atoms. The highest BCUT2D eigenvalue weighted by Crippen LogP contribution is 2.12. The summed E-state index contributed by atoms with van der Waals surface area (Å²) in [7, 11) is 0. The van der Waals surface area contributed by atoms with Crippen molar-refractivity contribution in [2.24, 2.45) is 0 Å². The summed E-state index contributed by atoms with van der Waals surface area (Å²) in [5.41, 5.74) is 0.602. The van der Waals surface area contributed by atoms with Crippen LogP contribution >= 0.6 is 0 Å². The van der Waals surface area contributed by atoms with Gasteiger partial charge in [0.1, 0.15) is 13.2 Å². The lowest BCUT2D eigenvalue weighted by atomic mass is 10.1. The first kappa shape index (κ1) is 42.5. The van der Waals surface area contributed by atoms with E-state index in [1.807, 2.05) is 0 Å². The van der Waals surface area contributed by atoms with Gasteiger partial charge in [-0.05, 0) is 19.3 Å². The average Bonchev–Trinajstić information content (AvgIpc) is 3.51. The summed E-state index contributed by atoms with van der Waals surface area (Å²) in [6, 6.07) is 0. The smallest absolute Gasteiger partial charge is 0.306 e. The summed E-state index contributed by atoms with van der Waals surface area (Å²) in [5, 5.41) is 16.9. The van der Waals surface area contributed by atoms with Crippen molar-refractivity contribution < 1.29 is 43.2 Å². The van der Waals surface area contributed by atoms with Gasteiger partial charge in [-0.25, -0.2) is 4.68 Å². The van der Waals surface area contributed by atoms with E-state index >= 15 is 0 Å². The van der Waals surface area contributed by atoms with Crippen molar-refractivity contribution in [1.29, 1.82) is 0 Å². The quantitative estimate of drug-likeness (QED) is 0.0541. The zero-order valence-electron chi connectivity index (χ0n) is 29.3. The fourth-order valence-corrected chi connectivity index (χ4v) is 4.88. The first-order chi connectivity index (χ1) is 23.0. The molecule has 0 amide bonds. The summed E-state index contributed by atoms with van der Waals surface area (Å²) in [6.07, 6.45) is 18.4. The second-order valence-corrected chi connectivity index (χ2v) is 12.0. The van der Waals surface area contributed by atoms with Crippen LogP contribution in [0.5, 0.6) is 0 Å². The van der Waals surface area contributed by atoms with Crippen LogP contribution in [0.15, 0.2) is 6.20 Å². The highest BCUT2D eigenvalue weighted by molar-refractivity contribution is 5.70. The van der Waals surface area contributed by atoms with Gasteiger partial charge in [-0.2, -0.15) is 0 Å². The van der Waals surface area contributed by atoms with Crippen molar-refractivity contribution in [3.63, 3.8) is 0 Å². The first-order valence-electron chi connectivity index (χ1n) is 18.1. The van der Waals surface area contributed by atoms with E-state index in [1.54, 1.807) is 10.9 Å². The highest BCUT2D eigenvalue weighted by Gasteiger charge is 2.19. The highest BCUT2D eigenvalue weighted by atomic mass is 16.6. The largest absolute Gasteiger partial charge is 0.463 e. The van der Waals surface area contributed by atoms with Crippen molar-refractivity contribution in [1.82, 2.24) is 15.0 Å². The van der Waals surface area contributed by atoms with E-state index < -0.39 is 6.10 Å². The number of aromatic nitrogens is 3. The second-order valence-electron chi connectivity index (χ2n) is 12.0. The Hall–Kier alpha value is -2.57. The molecule has 0 fully saturated rings. The lowest BCUT2D eigenvalue weighted by Crippen LogP contribution is -2.30. The predicted molar refractivity (Wildman–Crippen MR) is 179 cm³/mol. The van der Waals surface area contributed by atoms with Gasteiger partial charge in [0.25, 0.3) is 0 Å². The molecule has 1 aromatic heterocycles. The molecule has 0 saturated carbocycles. The fourth-order valence-electron chi connectivity index (χ4n) is 4.88. The molecule has 0 aliphatic heterocycles. The average molecular weight is 670 g/mol. The van der Waals surface area contributed by atoms with E-state index in [0.717, 1.165) is 38.5 Å². The summed E-state index contributed by atoms with van der Waals surface area (Å²) >= 11 is 0. The molecule has 1 atom stereocenters. The number of nitrogens with zero attached hydrogens (tertiary/aromatic N) is 3. The van der Waals surface area contributed by atoms with Crippen LogP contribution in [0.25, 0.3) is 0 Å². The van der Waals surface area contributed by atoms with E-state index in [4.69, 9.17) is 28.8 Å². The molecule has 1 heterocycles. The van der Waals surface area contributed by atoms with Crippen molar-refractivity contribution in [3.05, 3.63) is 11.9 Å². The van der Waals surface area contributed by atoms with Crippen molar-refractivity contribution >= 4 is 17.9 Å². The molecule has 0 radical (unpaired) electrons. The third kappa shape index (κ3) is 26.1. The third-order valence-electron chi connectivity index (χ3n) is 7.56. The van der Waals surface area contributed by atoms with Gasteiger partial charge in [-0.3, -0.25) is 14.4 Å². The Kier molecular flexibility index (Phi) is 27.8. The van der Waals surface area contributed by atoms with Crippen molar-refractivity contribution in [3.8, 4) is 0 Å². The van der Waals surface area contributed by atoms with Crippen molar-refractivity contribution in [2.45, 2.75) is 148 Å². The lowest BCUT2D eigenvalue weighted by molar-refractivity contribution is -0.160. The minimum Gasteiger partial charge on any atom is -0.463 e. The van der Waals surface area contributed by atoms with Crippen LogP contribution in [0, 0.1) is 0 Å². The number of hydrogen-bond acceptors (Lipinski definition) is 11. The molecule has 1 aromatic rings. The molecule has 47 heavy (non-hydrogen) atoms. The lowest BCUT2D eigenvalue weighted by Gasteiger charge is -2.18. The molecular formula is C35H63N3O9. The van der Waals surface area contributed by atoms with Crippen LogP contribution < -0.4 is 0 Å². The van der Waals surface area contributed by atoms with Gasteiger partial charge in [-0.15, -0.1) is 5.10 Å². The summed E-state index contributed by atoms with van der Waals surface area (Å²) in [6.45, 7) is 6.29. The van der Waals surface area contributed by atoms with Gasteiger partial charge in [0.2, 0.25) is 0 Å². The van der Waals surface area contributed by atoms with Crippen molar-refractivity contribution in [2.75, 3.05) is 46.2 Å². The molecule has 1 N–H and O–H groups in total. The summed E-state index contributed by atoms with van der Waals surface area (Å²) in [5.74, 6) is -0.963. The van der Waals surface area contributed by atoms with E-state index in [1.165, 1.54) is 51.4 Å². The number of aryl methyl sites for hydroxylation is 1. The van der Waals surface area contributed by atoms with E-state index in [2.05, 4.69) is 24.2 Å². The van der Waals surface area contributed by atoms with Crippen LogP contribution in [0.1, 0.15) is 135 Å². The van der Waals surface area contributed by atoms with E-state index in [9.17, 15) is 14.4 Å². The SMILES string of the molecule is CCCCCCCCCC(=O)OCC(Cn1cc(CCC(=O)OCCOCCCOCCO)nn1)OC(=O)CCCCCCCCC. The summed E-state index contributed by atoms with van der Waals surface area (Å²) in [4.78, 5) is 37.2. The van der Waals surface area contributed by atoms with E-state index in [-0.39, 0.29) is 50.7 Å². The van der Waals surface area contributed by atoms with Gasteiger partial charge in [-0.1, -0.05) is 96.1 Å². The standard InChI is InChI=1S/C35H63N3O9/c1-3-5-7-9-11-13-15-18-33(40)46-30-32(47-35(42)19-16-14-12-10-8-6-4-2)29-38-28-31(36-37-38)20-21-34(41)45-27-26-44-24-17-23-43-25-22-39/h28,32,39H,3-27,29-30H2,1-2H3. The maximum Gasteiger partial charge on any atom is 0.306 e. The number of unbranched alkanes of at least 4 members (excludes halogenated alkanes) is 12. The number of aliphatic hydroxyl groups excluding tert-OH is 1. The number of hydrogen-bond donors (Lipinski definition) is 1. The molecule has 272 valence electrons.